The molecular formula is C35H30BrClN2O7S. The summed E-state index contributed by atoms with van der Waals surface area (Å²) in [6.45, 7) is 2.01. The van der Waals surface area contributed by atoms with Crippen LogP contribution < -0.4 is 14.8 Å². The van der Waals surface area contributed by atoms with Crippen LogP contribution in [0.3, 0.4) is 0 Å². The highest BCUT2D eigenvalue weighted by molar-refractivity contribution is 9.10. The Morgan fingerprint density at radius 2 is 1.83 bits per heavy atom. The molecule has 5 rings (SSSR count). The Morgan fingerprint density at radius 3 is 2.62 bits per heavy atom. The van der Waals surface area contributed by atoms with Gasteiger partial charge >= 0.3 is 5.97 Å². The van der Waals surface area contributed by atoms with Gasteiger partial charge in [-0.15, -0.1) is 0 Å². The summed E-state index contributed by atoms with van der Waals surface area (Å²) >= 11 is 10.4. The van der Waals surface area contributed by atoms with Gasteiger partial charge in [-0.1, -0.05) is 67.4 Å². The lowest BCUT2D eigenvalue weighted by Gasteiger charge is -2.15. The number of benzene rings is 4. The van der Waals surface area contributed by atoms with Crippen LogP contribution in [0.15, 0.2) is 82.2 Å². The second-order valence-electron chi connectivity index (χ2n) is 10.5. The maximum atomic E-state index is 13.2. The Bertz CT molecular complexity index is 1890. The molecule has 4 aromatic carbocycles. The van der Waals surface area contributed by atoms with Crippen molar-refractivity contribution in [3.63, 3.8) is 0 Å². The number of unbranched alkanes of at least 4 members (excludes halogenated alkanes) is 1. The quantitative estimate of drug-likeness (QED) is 0.0876. The van der Waals surface area contributed by atoms with Crippen molar-refractivity contribution in [2.45, 2.75) is 26.4 Å². The van der Waals surface area contributed by atoms with Crippen molar-refractivity contribution in [3.05, 3.63) is 104 Å². The molecule has 0 aromatic heterocycles. The molecule has 1 aliphatic heterocycles. The van der Waals surface area contributed by atoms with Gasteiger partial charge in [0.1, 0.15) is 13.2 Å². The van der Waals surface area contributed by atoms with Crippen LogP contribution in [0.1, 0.15) is 41.3 Å². The molecule has 9 nitrogen and oxygen atoms in total. The van der Waals surface area contributed by atoms with Crippen molar-refractivity contribution < 1.29 is 33.4 Å². The van der Waals surface area contributed by atoms with E-state index >= 15 is 0 Å². The third-order valence-electron chi connectivity index (χ3n) is 7.18. The number of rotatable bonds is 12. The van der Waals surface area contributed by atoms with Crippen LogP contribution in [0.5, 0.6) is 11.5 Å². The number of carbonyl (C=O) groups excluding carboxylic acids is 4. The Kier molecular flexibility index (Phi) is 11.2. The molecule has 1 N–H and O–H groups in total. The van der Waals surface area contributed by atoms with Gasteiger partial charge in [-0.05, 0) is 92.4 Å². The van der Waals surface area contributed by atoms with Crippen molar-refractivity contribution in [2.24, 2.45) is 0 Å². The number of amides is 3. The number of ether oxygens (including phenoxy) is 3. The van der Waals surface area contributed by atoms with E-state index in [4.69, 9.17) is 25.8 Å². The van der Waals surface area contributed by atoms with E-state index in [0.717, 1.165) is 39.4 Å². The maximum Gasteiger partial charge on any atom is 0.339 e. The minimum atomic E-state index is -0.627. The fraction of sp³-hybridized carbons (Fsp3) is 0.200. The number of carbonyl (C=O) groups is 4. The first-order valence-electron chi connectivity index (χ1n) is 14.7. The van der Waals surface area contributed by atoms with Crippen molar-refractivity contribution in [1.29, 1.82) is 0 Å². The molecule has 47 heavy (non-hydrogen) atoms. The lowest BCUT2D eigenvalue weighted by Crippen LogP contribution is -2.36. The van der Waals surface area contributed by atoms with E-state index in [2.05, 4.69) is 21.2 Å². The van der Waals surface area contributed by atoms with Crippen molar-refractivity contribution in [2.75, 3.05) is 25.6 Å². The molecule has 1 heterocycles. The van der Waals surface area contributed by atoms with Crippen molar-refractivity contribution in [1.82, 2.24) is 4.90 Å². The smallest absolute Gasteiger partial charge is 0.339 e. The standard InChI is InChI=1S/C35H30BrClN2O7S/c1-3-4-14-45-34(42)26-18-24(12-13-28(26)37)38-31(40)19-39-33(41)30(47-35(39)43)17-21-15-27(36)32(29(16-21)44-2)46-20-23-10-7-9-22-8-5-6-11-25(22)23/h5-13,15-18H,3-4,14,19-20H2,1-2H3,(H,38,40)/b30-17+. The predicted molar refractivity (Wildman–Crippen MR) is 187 cm³/mol. The maximum absolute atomic E-state index is 13.2. The topological polar surface area (TPSA) is 111 Å². The molecule has 3 amide bonds. The predicted octanol–water partition coefficient (Wildman–Crippen LogP) is 8.48. The summed E-state index contributed by atoms with van der Waals surface area (Å²) in [5.74, 6) is -0.928. The molecule has 12 heteroatoms. The number of hydrogen-bond donors (Lipinski definition) is 1. The largest absolute Gasteiger partial charge is 0.493 e. The Balaban J connectivity index is 1.25. The highest BCUT2D eigenvalue weighted by Gasteiger charge is 2.36. The first-order chi connectivity index (χ1) is 22.7. The first kappa shape index (κ1) is 34.0. The van der Waals surface area contributed by atoms with Crippen LogP contribution in [0, 0.1) is 0 Å². The van der Waals surface area contributed by atoms with E-state index in [0.29, 0.717) is 34.6 Å². The molecule has 0 spiro atoms. The normalized spacial score (nSPS) is 13.7. The third kappa shape index (κ3) is 8.16. The van der Waals surface area contributed by atoms with Crippen molar-refractivity contribution >= 4 is 84.9 Å². The number of thioether (sulfide) groups is 1. The highest BCUT2D eigenvalue weighted by Crippen LogP contribution is 2.40. The van der Waals surface area contributed by atoms with Crippen LogP contribution >= 0.6 is 39.3 Å². The number of nitrogens with one attached hydrogen (secondary N) is 1. The minimum Gasteiger partial charge on any atom is -0.493 e. The number of halogens is 2. The number of methoxy groups -OCH3 is 1. The summed E-state index contributed by atoms with van der Waals surface area (Å²) < 4.78 is 17.6. The lowest BCUT2D eigenvalue weighted by atomic mass is 10.1. The fourth-order valence-electron chi connectivity index (χ4n) is 4.81. The Morgan fingerprint density at radius 1 is 1.04 bits per heavy atom. The lowest BCUT2D eigenvalue weighted by molar-refractivity contribution is -0.127. The van der Waals surface area contributed by atoms with Gasteiger partial charge in [0, 0.05) is 5.69 Å². The minimum absolute atomic E-state index is 0.0984. The molecule has 1 aliphatic rings. The number of hydrogen-bond acceptors (Lipinski definition) is 8. The van der Waals surface area contributed by atoms with Gasteiger partial charge in [0.15, 0.2) is 11.5 Å². The van der Waals surface area contributed by atoms with Gasteiger partial charge in [-0.2, -0.15) is 0 Å². The second-order valence-corrected chi connectivity index (χ2v) is 12.7. The van der Waals surface area contributed by atoms with E-state index < -0.39 is 29.6 Å². The monoisotopic (exact) mass is 736 g/mol. The van der Waals surface area contributed by atoms with E-state index in [-0.39, 0.29) is 27.8 Å². The average Bonchev–Trinajstić information content (AvgIpc) is 3.31. The molecule has 242 valence electrons. The molecule has 4 aromatic rings. The molecule has 0 radical (unpaired) electrons. The van der Waals surface area contributed by atoms with Gasteiger partial charge in [-0.3, -0.25) is 19.3 Å². The van der Waals surface area contributed by atoms with Crippen LogP contribution in [0.25, 0.3) is 16.8 Å². The zero-order chi connectivity index (χ0) is 33.5. The van der Waals surface area contributed by atoms with E-state index in [9.17, 15) is 19.2 Å². The van der Waals surface area contributed by atoms with Gasteiger partial charge in [0.05, 0.1) is 33.7 Å². The van der Waals surface area contributed by atoms with Crippen LogP contribution in [0.4, 0.5) is 10.5 Å². The van der Waals surface area contributed by atoms with Gasteiger partial charge < -0.3 is 19.5 Å². The summed E-state index contributed by atoms with van der Waals surface area (Å²) in [5.41, 5.74) is 1.96. The number of imide groups is 1. The van der Waals surface area contributed by atoms with Crippen LogP contribution in [-0.2, 0) is 20.9 Å². The Labute approximate surface area is 289 Å². The number of fused-ring (bicyclic) bond motifs is 1. The number of anilines is 1. The van der Waals surface area contributed by atoms with Gasteiger partial charge in [0.2, 0.25) is 5.91 Å². The number of nitrogens with zero attached hydrogens (tertiary/aromatic N) is 1. The first-order valence-corrected chi connectivity index (χ1v) is 16.7. The summed E-state index contributed by atoms with van der Waals surface area (Å²) in [6, 6.07) is 21.9. The van der Waals surface area contributed by atoms with E-state index in [1.807, 2.05) is 49.4 Å². The molecular weight excluding hydrogens is 708 g/mol. The van der Waals surface area contributed by atoms with E-state index in [1.165, 1.54) is 25.3 Å². The fourth-order valence-corrected chi connectivity index (χ4v) is 6.42. The van der Waals surface area contributed by atoms with Crippen molar-refractivity contribution in [3.8, 4) is 11.5 Å². The zero-order valence-electron chi connectivity index (χ0n) is 25.5. The SMILES string of the molecule is CCCCOC(=O)c1cc(NC(=O)CN2C(=O)S/C(=C/c3cc(Br)c(OCc4cccc5ccccc45)c(OC)c3)C2=O)ccc1Cl. The number of esters is 1. The van der Waals surface area contributed by atoms with Crippen LogP contribution in [-0.4, -0.2) is 48.2 Å². The second kappa shape index (κ2) is 15.5. The molecule has 1 saturated heterocycles. The summed E-state index contributed by atoms with van der Waals surface area (Å²) in [7, 11) is 1.52. The molecule has 0 unspecified atom stereocenters. The Hall–Kier alpha value is -4.32. The molecule has 0 aliphatic carbocycles. The van der Waals surface area contributed by atoms with Gasteiger partial charge in [0.25, 0.3) is 11.1 Å². The van der Waals surface area contributed by atoms with E-state index in [1.54, 1.807) is 18.2 Å². The average molecular weight is 738 g/mol. The molecule has 0 atom stereocenters. The summed E-state index contributed by atoms with van der Waals surface area (Å²) in [5, 5.41) is 4.40. The summed E-state index contributed by atoms with van der Waals surface area (Å²) in [4.78, 5) is 52.2. The van der Waals surface area contributed by atoms with Crippen LogP contribution in [0.2, 0.25) is 5.02 Å². The summed E-state index contributed by atoms with van der Waals surface area (Å²) in [6.07, 6.45) is 3.13. The molecule has 0 saturated carbocycles. The third-order valence-corrected chi connectivity index (χ3v) is 9.00. The van der Waals surface area contributed by atoms with Gasteiger partial charge in [-0.25, -0.2) is 4.79 Å². The molecule has 1 fully saturated rings. The zero-order valence-corrected chi connectivity index (χ0v) is 28.7. The highest BCUT2D eigenvalue weighted by atomic mass is 79.9. The molecule has 0 bridgehead atoms.